The molecule has 0 unspecified atom stereocenters. The Kier molecular flexibility index (Phi) is 4.04. The molecule has 2 aromatic rings. The standard InChI is InChI=1S/C10H9FN6O4/c1-20-9-13-8(16-12)14-10(15-9)21-7-3-2-5(17(18)19)4-6(7)11/h2-4H,12H2,1H3,(H,13,14,15,16). The lowest BCUT2D eigenvalue weighted by Gasteiger charge is -2.07. The number of hydrazine groups is 1. The van der Waals surface area contributed by atoms with E-state index in [1.807, 2.05) is 0 Å². The number of methoxy groups -OCH3 is 1. The maximum Gasteiger partial charge on any atom is 0.330 e. The van der Waals surface area contributed by atoms with Gasteiger partial charge in [0.15, 0.2) is 11.6 Å². The topological polar surface area (TPSA) is 138 Å². The Labute approximate surface area is 116 Å². The van der Waals surface area contributed by atoms with Crippen LogP contribution in [-0.2, 0) is 0 Å². The summed E-state index contributed by atoms with van der Waals surface area (Å²) >= 11 is 0. The van der Waals surface area contributed by atoms with Crippen molar-refractivity contribution in [1.82, 2.24) is 15.0 Å². The molecule has 1 aromatic heterocycles. The SMILES string of the molecule is COc1nc(NN)nc(Oc2ccc([N+](=O)[O-])cc2F)n1. The molecule has 0 atom stereocenters. The number of nitro benzene ring substituents is 1. The summed E-state index contributed by atoms with van der Waals surface area (Å²) < 4.78 is 23.6. The molecule has 0 aliphatic carbocycles. The molecule has 0 bridgehead atoms. The van der Waals surface area contributed by atoms with Crippen LogP contribution in [0.5, 0.6) is 17.8 Å². The van der Waals surface area contributed by atoms with Crippen LogP contribution in [0.15, 0.2) is 18.2 Å². The largest absolute Gasteiger partial charge is 0.467 e. The van der Waals surface area contributed by atoms with Crippen molar-refractivity contribution < 1.29 is 18.8 Å². The van der Waals surface area contributed by atoms with Crippen LogP contribution in [0.1, 0.15) is 0 Å². The van der Waals surface area contributed by atoms with Crippen molar-refractivity contribution in [1.29, 1.82) is 0 Å². The number of rotatable bonds is 5. The maximum atomic E-state index is 13.7. The Morgan fingerprint density at radius 2 is 2.05 bits per heavy atom. The third-order valence-electron chi connectivity index (χ3n) is 2.23. The van der Waals surface area contributed by atoms with Gasteiger partial charge in [0, 0.05) is 6.07 Å². The van der Waals surface area contributed by atoms with E-state index in [9.17, 15) is 14.5 Å². The van der Waals surface area contributed by atoms with Gasteiger partial charge in [0.1, 0.15) is 0 Å². The smallest absolute Gasteiger partial charge is 0.330 e. The Morgan fingerprint density at radius 3 is 2.62 bits per heavy atom. The normalized spacial score (nSPS) is 10.0. The van der Waals surface area contributed by atoms with E-state index < -0.39 is 16.4 Å². The molecule has 21 heavy (non-hydrogen) atoms. The molecule has 10 nitrogen and oxygen atoms in total. The second-order valence-electron chi connectivity index (χ2n) is 3.55. The molecule has 0 fully saturated rings. The van der Waals surface area contributed by atoms with Crippen molar-refractivity contribution in [2.75, 3.05) is 12.5 Å². The Bertz CT molecular complexity index is 660. The van der Waals surface area contributed by atoms with Crippen LogP contribution < -0.4 is 20.7 Å². The van der Waals surface area contributed by atoms with Crippen molar-refractivity contribution in [2.45, 2.75) is 0 Å². The van der Waals surface area contributed by atoms with Crippen LogP contribution in [0, 0.1) is 15.9 Å². The number of aromatic nitrogens is 3. The van der Waals surface area contributed by atoms with Crippen LogP contribution in [0.4, 0.5) is 16.0 Å². The third-order valence-corrected chi connectivity index (χ3v) is 2.23. The molecule has 0 aliphatic rings. The number of hydrogen-bond donors (Lipinski definition) is 2. The van der Waals surface area contributed by atoms with E-state index in [0.29, 0.717) is 0 Å². The van der Waals surface area contributed by atoms with E-state index in [-0.39, 0.29) is 23.7 Å². The van der Waals surface area contributed by atoms with E-state index in [1.165, 1.54) is 7.11 Å². The van der Waals surface area contributed by atoms with Crippen LogP contribution in [0.2, 0.25) is 0 Å². The Balaban J connectivity index is 2.31. The van der Waals surface area contributed by atoms with Crippen LogP contribution in [0.3, 0.4) is 0 Å². The zero-order chi connectivity index (χ0) is 15.4. The van der Waals surface area contributed by atoms with Gasteiger partial charge in [0.2, 0.25) is 5.95 Å². The van der Waals surface area contributed by atoms with E-state index in [1.54, 1.807) is 0 Å². The highest BCUT2D eigenvalue weighted by Gasteiger charge is 2.14. The molecule has 0 radical (unpaired) electrons. The van der Waals surface area contributed by atoms with E-state index >= 15 is 0 Å². The number of nitrogen functional groups attached to an aromatic ring is 1. The van der Waals surface area contributed by atoms with Crippen LogP contribution >= 0.6 is 0 Å². The summed E-state index contributed by atoms with van der Waals surface area (Å²) in [7, 11) is 1.31. The maximum absolute atomic E-state index is 13.7. The van der Waals surface area contributed by atoms with Gasteiger partial charge in [-0.15, -0.1) is 4.98 Å². The van der Waals surface area contributed by atoms with Gasteiger partial charge in [-0.1, -0.05) is 0 Å². The first-order valence-corrected chi connectivity index (χ1v) is 5.42. The molecule has 1 heterocycles. The Hall–Kier alpha value is -3.08. The number of nitro groups is 1. The monoisotopic (exact) mass is 296 g/mol. The average Bonchev–Trinajstić information content (AvgIpc) is 2.48. The molecule has 11 heteroatoms. The Morgan fingerprint density at radius 1 is 1.33 bits per heavy atom. The molecular weight excluding hydrogens is 287 g/mol. The number of ether oxygens (including phenoxy) is 2. The lowest BCUT2D eigenvalue weighted by Crippen LogP contribution is -2.12. The molecule has 110 valence electrons. The second kappa shape index (κ2) is 5.92. The summed E-state index contributed by atoms with van der Waals surface area (Å²) in [6, 6.07) is 2.49. The molecule has 0 spiro atoms. The molecule has 0 aliphatic heterocycles. The van der Waals surface area contributed by atoms with Gasteiger partial charge >= 0.3 is 12.0 Å². The van der Waals surface area contributed by atoms with Crippen molar-refractivity contribution >= 4 is 11.6 Å². The molecule has 1 aromatic carbocycles. The van der Waals surface area contributed by atoms with Crippen molar-refractivity contribution in [2.24, 2.45) is 5.84 Å². The fraction of sp³-hybridized carbons (Fsp3) is 0.100. The molecule has 2 rings (SSSR count). The summed E-state index contributed by atoms with van der Waals surface area (Å²) in [4.78, 5) is 21.0. The fourth-order valence-corrected chi connectivity index (χ4v) is 1.32. The van der Waals surface area contributed by atoms with Crippen LogP contribution in [0.25, 0.3) is 0 Å². The summed E-state index contributed by atoms with van der Waals surface area (Å²) in [5.74, 6) is 3.87. The van der Waals surface area contributed by atoms with Gasteiger partial charge in [-0.05, 0) is 6.07 Å². The average molecular weight is 296 g/mol. The first-order chi connectivity index (χ1) is 10.0. The number of nitrogens with two attached hydrogens (primary N) is 1. The van der Waals surface area contributed by atoms with Gasteiger partial charge in [-0.3, -0.25) is 15.5 Å². The summed E-state index contributed by atoms with van der Waals surface area (Å²) in [6.07, 6.45) is 0. The third kappa shape index (κ3) is 3.27. The highest BCUT2D eigenvalue weighted by molar-refractivity contribution is 5.39. The first-order valence-electron chi connectivity index (χ1n) is 5.42. The number of halogens is 1. The van der Waals surface area contributed by atoms with Crippen molar-refractivity contribution in [3.63, 3.8) is 0 Å². The number of anilines is 1. The van der Waals surface area contributed by atoms with E-state index in [0.717, 1.165) is 18.2 Å². The highest BCUT2D eigenvalue weighted by Crippen LogP contribution is 2.26. The van der Waals surface area contributed by atoms with Gasteiger partial charge in [-0.2, -0.15) is 9.97 Å². The van der Waals surface area contributed by atoms with Crippen molar-refractivity contribution in [3.8, 4) is 17.8 Å². The molecule has 0 saturated carbocycles. The molecule has 0 saturated heterocycles. The number of non-ortho nitro benzene ring substituents is 1. The number of benzene rings is 1. The van der Waals surface area contributed by atoms with Gasteiger partial charge in [0.05, 0.1) is 18.1 Å². The van der Waals surface area contributed by atoms with E-state index in [4.69, 9.17) is 15.3 Å². The van der Waals surface area contributed by atoms with Gasteiger partial charge in [-0.25, -0.2) is 10.2 Å². The quantitative estimate of drug-likeness (QED) is 0.470. The predicted octanol–water partition coefficient (Wildman–Crippen LogP) is 1.01. The minimum absolute atomic E-state index is 0.0563. The highest BCUT2D eigenvalue weighted by atomic mass is 19.1. The summed E-state index contributed by atoms with van der Waals surface area (Å²) in [6.45, 7) is 0. The predicted molar refractivity (Wildman–Crippen MR) is 67.3 cm³/mol. The molecule has 0 amide bonds. The van der Waals surface area contributed by atoms with Gasteiger partial charge in [0.25, 0.3) is 5.69 Å². The first kappa shape index (κ1) is 14.3. The molecular formula is C10H9FN6O4. The van der Waals surface area contributed by atoms with E-state index in [2.05, 4.69) is 20.4 Å². The summed E-state index contributed by atoms with van der Waals surface area (Å²) in [5.41, 5.74) is 1.76. The fourth-order valence-electron chi connectivity index (χ4n) is 1.32. The summed E-state index contributed by atoms with van der Waals surface area (Å²) in [5, 5.41) is 10.5. The second-order valence-corrected chi connectivity index (χ2v) is 3.55. The minimum atomic E-state index is -0.939. The zero-order valence-electron chi connectivity index (χ0n) is 10.6. The van der Waals surface area contributed by atoms with Crippen molar-refractivity contribution in [3.05, 3.63) is 34.1 Å². The number of nitrogens with zero attached hydrogens (tertiary/aromatic N) is 4. The lowest BCUT2D eigenvalue weighted by molar-refractivity contribution is -0.385. The van der Waals surface area contributed by atoms with Crippen LogP contribution in [-0.4, -0.2) is 27.0 Å². The number of hydrogen-bond acceptors (Lipinski definition) is 9. The lowest BCUT2D eigenvalue weighted by atomic mass is 10.3. The minimum Gasteiger partial charge on any atom is -0.467 e. The zero-order valence-corrected chi connectivity index (χ0v) is 10.6. The number of nitrogens with one attached hydrogen (secondary N) is 1. The van der Waals surface area contributed by atoms with Gasteiger partial charge < -0.3 is 9.47 Å². The molecule has 3 N–H and O–H groups in total.